The molecule has 1 unspecified atom stereocenters. The van der Waals surface area contributed by atoms with E-state index in [-0.39, 0.29) is 23.4 Å². The van der Waals surface area contributed by atoms with Crippen molar-refractivity contribution >= 4 is 15.6 Å². The first-order chi connectivity index (χ1) is 7.49. The predicted molar refractivity (Wildman–Crippen MR) is 62.2 cm³/mol. The Labute approximate surface area is 97.3 Å². The van der Waals surface area contributed by atoms with Crippen molar-refractivity contribution in [1.82, 2.24) is 0 Å². The average Bonchev–Trinajstić information content (AvgIpc) is 2.64. The fourth-order valence-corrected chi connectivity index (χ4v) is 3.48. The molecular formula is C11H20O4S. The summed E-state index contributed by atoms with van der Waals surface area (Å²) in [7, 11) is -3.00. The predicted octanol–water partition coefficient (Wildman–Crippen LogP) is 1.34. The lowest BCUT2D eigenvalue weighted by atomic mass is 10.2. The SMILES string of the molecule is CC(=O)CCCCS(=O)(=O)CC1CCCO1. The number of hydrogen-bond donors (Lipinski definition) is 0. The molecule has 1 atom stereocenters. The zero-order valence-corrected chi connectivity index (χ0v) is 10.6. The van der Waals surface area contributed by atoms with Crippen LogP contribution in [0.4, 0.5) is 0 Å². The van der Waals surface area contributed by atoms with Gasteiger partial charge in [-0.05, 0) is 32.6 Å². The first-order valence-corrected chi connectivity index (χ1v) is 7.63. The number of unbranched alkanes of at least 4 members (excludes halogenated alkanes) is 1. The highest BCUT2D eigenvalue weighted by molar-refractivity contribution is 7.91. The van der Waals surface area contributed by atoms with E-state index in [1.807, 2.05) is 0 Å². The number of carbonyl (C=O) groups is 1. The summed E-state index contributed by atoms with van der Waals surface area (Å²) in [5.41, 5.74) is 0. The number of ketones is 1. The maximum Gasteiger partial charge on any atom is 0.152 e. The zero-order chi connectivity index (χ0) is 12.0. The molecule has 0 bridgehead atoms. The number of carbonyl (C=O) groups excluding carboxylic acids is 1. The molecule has 0 saturated carbocycles. The monoisotopic (exact) mass is 248 g/mol. The number of sulfone groups is 1. The second-order valence-corrected chi connectivity index (χ2v) is 6.64. The highest BCUT2D eigenvalue weighted by Gasteiger charge is 2.22. The van der Waals surface area contributed by atoms with Gasteiger partial charge in [-0.15, -0.1) is 0 Å². The van der Waals surface area contributed by atoms with Crippen LogP contribution in [-0.4, -0.2) is 38.4 Å². The summed E-state index contributed by atoms with van der Waals surface area (Å²) in [6.07, 6.45) is 3.44. The summed E-state index contributed by atoms with van der Waals surface area (Å²) < 4.78 is 28.6. The molecule has 1 aliphatic rings. The summed E-state index contributed by atoms with van der Waals surface area (Å²) in [5.74, 6) is 0.448. The maximum absolute atomic E-state index is 11.7. The smallest absolute Gasteiger partial charge is 0.152 e. The Morgan fingerprint density at radius 3 is 2.69 bits per heavy atom. The van der Waals surface area contributed by atoms with E-state index in [1.54, 1.807) is 0 Å². The molecule has 0 spiro atoms. The van der Waals surface area contributed by atoms with Crippen LogP contribution in [-0.2, 0) is 19.4 Å². The van der Waals surface area contributed by atoms with Crippen molar-refractivity contribution in [3.8, 4) is 0 Å². The van der Waals surface area contributed by atoms with E-state index in [9.17, 15) is 13.2 Å². The van der Waals surface area contributed by atoms with Gasteiger partial charge in [0, 0.05) is 13.0 Å². The number of ether oxygens (including phenoxy) is 1. The van der Waals surface area contributed by atoms with Gasteiger partial charge in [0.2, 0.25) is 0 Å². The van der Waals surface area contributed by atoms with Gasteiger partial charge in [0.25, 0.3) is 0 Å². The fourth-order valence-electron chi connectivity index (χ4n) is 1.84. The van der Waals surface area contributed by atoms with E-state index in [0.717, 1.165) is 12.8 Å². The highest BCUT2D eigenvalue weighted by atomic mass is 32.2. The van der Waals surface area contributed by atoms with Crippen LogP contribution in [0.15, 0.2) is 0 Å². The van der Waals surface area contributed by atoms with E-state index in [1.165, 1.54) is 6.92 Å². The lowest BCUT2D eigenvalue weighted by Crippen LogP contribution is -2.22. The summed E-state index contributed by atoms with van der Waals surface area (Å²) in [6, 6.07) is 0. The Balaban J connectivity index is 2.20. The van der Waals surface area contributed by atoms with Crippen molar-refractivity contribution < 1.29 is 17.9 Å². The Bertz CT molecular complexity index is 315. The molecule has 0 amide bonds. The van der Waals surface area contributed by atoms with E-state index < -0.39 is 9.84 Å². The highest BCUT2D eigenvalue weighted by Crippen LogP contribution is 2.15. The molecule has 0 radical (unpaired) electrons. The van der Waals surface area contributed by atoms with Crippen molar-refractivity contribution in [2.24, 2.45) is 0 Å². The third-order valence-electron chi connectivity index (χ3n) is 2.70. The van der Waals surface area contributed by atoms with Crippen LogP contribution in [0.1, 0.15) is 39.0 Å². The molecule has 0 aromatic carbocycles. The van der Waals surface area contributed by atoms with Crippen LogP contribution in [0.2, 0.25) is 0 Å². The Kier molecular flexibility index (Phi) is 5.41. The summed E-state index contributed by atoms with van der Waals surface area (Å²) in [6.45, 7) is 2.21. The molecule has 1 aliphatic heterocycles. The van der Waals surface area contributed by atoms with Crippen LogP contribution >= 0.6 is 0 Å². The Morgan fingerprint density at radius 2 is 2.12 bits per heavy atom. The average molecular weight is 248 g/mol. The van der Waals surface area contributed by atoms with Crippen molar-refractivity contribution in [2.75, 3.05) is 18.1 Å². The van der Waals surface area contributed by atoms with Gasteiger partial charge < -0.3 is 9.53 Å². The lowest BCUT2D eigenvalue weighted by molar-refractivity contribution is -0.117. The minimum atomic E-state index is -3.00. The second-order valence-electron chi connectivity index (χ2n) is 4.41. The van der Waals surface area contributed by atoms with Gasteiger partial charge in [-0.25, -0.2) is 8.42 Å². The lowest BCUT2D eigenvalue weighted by Gasteiger charge is -2.09. The molecule has 16 heavy (non-hydrogen) atoms. The molecule has 4 nitrogen and oxygen atoms in total. The first kappa shape index (κ1) is 13.6. The third-order valence-corrected chi connectivity index (χ3v) is 4.49. The fraction of sp³-hybridized carbons (Fsp3) is 0.909. The van der Waals surface area contributed by atoms with Gasteiger partial charge in [-0.1, -0.05) is 0 Å². The Hall–Kier alpha value is -0.420. The molecule has 0 aliphatic carbocycles. The van der Waals surface area contributed by atoms with Gasteiger partial charge in [0.15, 0.2) is 9.84 Å². The van der Waals surface area contributed by atoms with Gasteiger partial charge >= 0.3 is 0 Å². The Morgan fingerprint density at radius 1 is 1.38 bits per heavy atom. The summed E-state index contributed by atoms with van der Waals surface area (Å²) in [4.78, 5) is 10.7. The number of hydrogen-bond acceptors (Lipinski definition) is 4. The van der Waals surface area contributed by atoms with E-state index in [0.29, 0.717) is 25.9 Å². The minimum absolute atomic E-state index is 0.0993. The number of Topliss-reactive ketones (excluding diaryl/α,β-unsaturated/α-hetero) is 1. The first-order valence-electron chi connectivity index (χ1n) is 5.81. The van der Waals surface area contributed by atoms with Crippen molar-refractivity contribution in [3.05, 3.63) is 0 Å². The van der Waals surface area contributed by atoms with Crippen molar-refractivity contribution in [1.29, 1.82) is 0 Å². The van der Waals surface area contributed by atoms with Gasteiger partial charge in [0.1, 0.15) is 5.78 Å². The van der Waals surface area contributed by atoms with Crippen LogP contribution in [0.3, 0.4) is 0 Å². The van der Waals surface area contributed by atoms with Gasteiger partial charge in [-0.2, -0.15) is 0 Å². The zero-order valence-electron chi connectivity index (χ0n) is 9.78. The number of rotatable bonds is 7. The quantitative estimate of drug-likeness (QED) is 0.638. The van der Waals surface area contributed by atoms with Crippen LogP contribution < -0.4 is 0 Å². The van der Waals surface area contributed by atoms with E-state index in [4.69, 9.17) is 4.74 Å². The van der Waals surface area contributed by atoms with Crippen LogP contribution in [0, 0.1) is 0 Å². The van der Waals surface area contributed by atoms with Gasteiger partial charge in [0.05, 0.1) is 17.6 Å². The standard InChI is InChI=1S/C11H20O4S/c1-10(12)5-2-3-8-16(13,14)9-11-6-4-7-15-11/h11H,2-9H2,1H3. The molecule has 0 aromatic rings. The van der Waals surface area contributed by atoms with Crippen molar-refractivity contribution in [2.45, 2.75) is 45.1 Å². The minimum Gasteiger partial charge on any atom is -0.377 e. The van der Waals surface area contributed by atoms with Gasteiger partial charge in [-0.3, -0.25) is 0 Å². The van der Waals surface area contributed by atoms with Crippen LogP contribution in [0.25, 0.3) is 0 Å². The topological polar surface area (TPSA) is 60.4 Å². The van der Waals surface area contributed by atoms with Crippen molar-refractivity contribution in [3.63, 3.8) is 0 Å². The van der Waals surface area contributed by atoms with Crippen LogP contribution in [0.5, 0.6) is 0 Å². The summed E-state index contributed by atoms with van der Waals surface area (Å²) in [5, 5.41) is 0. The molecule has 1 rings (SSSR count). The molecule has 0 aromatic heterocycles. The van der Waals surface area contributed by atoms with E-state index >= 15 is 0 Å². The molecule has 1 heterocycles. The second kappa shape index (κ2) is 6.35. The largest absolute Gasteiger partial charge is 0.377 e. The molecule has 1 saturated heterocycles. The molecule has 0 N–H and O–H groups in total. The summed E-state index contributed by atoms with van der Waals surface area (Å²) >= 11 is 0. The third kappa shape index (κ3) is 5.61. The maximum atomic E-state index is 11.7. The molecule has 1 fully saturated rings. The molecule has 94 valence electrons. The normalized spacial score (nSPS) is 21.2. The molecule has 5 heteroatoms. The molecular weight excluding hydrogens is 228 g/mol. The van der Waals surface area contributed by atoms with E-state index in [2.05, 4.69) is 0 Å².